The Morgan fingerprint density at radius 1 is 0.650 bits per heavy atom. The van der Waals surface area contributed by atoms with Crippen LogP contribution in [0.5, 0.6) is 11.5 Å². The highest BCUT2D eigenvalue weighted by Crippen LogP contribution is 2.33. The maximum absolute atomic E-state index is 11.2. The van der Waals surface area contributed by atoms with Crippen LogP contribution in [0.3, 0.4) is 0 Å². The van der Waals surface area contributed by atoms with Crippen LogP contribution in [0.25, 0.3) is 33.7 Å². The second-order valence-corrected chi connectivity index (χ2v) is 15.6. The third-order valence-corrected chi connectivity index (χ3v) is 11.5. The first-order chi connectivity index (χ1) is 29.3. The molecule has 3 aliphatic rings. The van der Waals surface area contributed by atoms with Gasteiger partial charge in [0.25, 0.3) is 11.9 Å². The molecule has 2 aromatic carbocycles. The summed E-state index contributed by atoms with van der Waals surface area (Å²) >= 11 is 0. The number of ether oxygens (including phenoxy) is 2. The summed E-state index contributed by atoms with van der Waals surface area (Å²) in [5.74, 6) is 2.01. The standard InChI is InChI=1S/C22H25N5O3.C22H27N5O3/c28-21(29)15-13-23-27(14-15)22-24-19-9-8-17(30-16-6-2-1-3-7-16)12-18(19)20(25-22)26-10-4-5-11-26;1-3-26(4-2)20-18-12-17(30-16-8-6-5-7-9-16)10-11-19(18)24-22(25-20)27-14-15(13-23-27)21(28)29/h8-9,12-14,16H,1-7,10-11H2,(H,28,29);10-14,16H,3-9H2,1-2H3,(H,28,29). The van der Waals surface area contributed by atoms with Crippen molar-refractivity contribution in [1.82, 2.24) is 39.5 Å². The molecule has 2 N–H and O–H groups in total. The van der Waals surface area contributed by atoms with Crippen LogP contribution < -0.4 is 19.3 Å². The van der Waals surface area contributed by atoms with Gasteiger partial charge in [-0.05, 0) is 114 Å². The minimum atomic E-state index is -1.03. The molecule has 0 spiro atoms. The molecule has 0 atom stereocenters. The molecule has 6 aromatic rings. The van der Waals surface area contributed by atoms with Gasteiger partial charge < -0.3 is 29.5 Å². The van der Waals surface area contributed by atoms with Crippen molar-refractivity contribution in [2.75, 3.05) is 36.0 Å². The van der Waals surface area contributed by atoms with Gasteiger partial charge in [-0.2, -0.15) is 20.2 Å². The number of benzene rings is 2. The fraction of sp³-hybridized carbons (Fsp3) is 0.455. The lowest BCUT2D eigenvalue weighted by molar-refractivity contribution is 0.0686. The topological polar surface area (TPSA) is 187 Å². The Hall–Kier alpha value is -6.32. The molecule has 0 radical (unpaired) electrons. The largest absolute Gasteiger partial charge is 0.490 e. The number of carboxylic acid groups (broad SMARTS) is 2. The number of carbonyl (C=O) groups is 2. The van der Waals surface area contributed by atoms with Crippen molar-refractivity contribution < 1.29 is 29.3 Å². The molecule has 314 valence electrons. The van der Waals surface area contributed by atoms with E-state index in [1.807, 2.05) is 36.4 Å². The number of aromatic carboxylic acids is 2. The van der Waals surface area contributed by atoms with Crippen LogP contribution in [-0.4, -0.2) is 100 Å². The summed E-state index contributed by atoms with van der Waals surface area (Å²) in [5.41, 5.74) is 1.77. The summed E-state index contributed by atoms with van der Waals surface area (Å²) in [6.07, 6.45) is 20.2. The second kappa shape index (κ2) is 18.3. The van der Waals surface area contributed by atoms with E-state index < -0.39 is 11.9 Å². The number of fused-ring (bicyclic) bond motifs is 2. The fourth-order valence-electron chi connectivity index (χ4n) is 8.28. The summed E-state index contributed by atoms with van der Waals surface area (Å²) in [6, 6.07) is 11.9. The normalized spacial score (nSPS) is 16.1. The molecule has 3 fully saturated rings. The molecule has 16 nitrogen and oxygen atoms in total. The highest BCUT2D eigenvalue weighted by atomic mass is 16.5. The van der Waals surface area contributed by atoms with E-state index in [0.29, 0.717) is 11.9 Å². The third-order valence-electron chi connectivity index (χ3n) is 11.5. The van der Waals surface area contributed by atoms with E-state index in [1.165, 1.54) is 72.7 Å². The van der Waals surface area contributed by atoms with Gasteiger partial charge >= 0.3 is 11.9 Å². The first-order valence-electron chi connectivity index (χ1n) is 21.3. The number of rotatable bonds is 12. The fourth-order valence-corrected chi connectivity index (χ4v) is 8.28. The van der Waals surface area contributed by atoms with Crippen LogP contribution in [0.1, 0.15) is 112 Å². The quantitative estimate of drug-likeness (QED) is 0.121. The monoisotopic (exact) mass is 816 g/mol. The van der Waals surface area contributed by atoms with Crippen molar-refractivity contribution in [3.05, 3.63) is 72.3 Å². The van der Waals surface area contributed by atoms with Crippen LogP contribution in [0.2, 0.25) is 0 Å². The number of nitrogens with zero attached hydrogens (tertiary/aromatic N) is 10. The average molecular weight is 817 g/mol. The number of aromatic nitrogens is 8. The number of hydrogen-bond acceptors (Lipinski definition) is 12. The van der Waals surface area contributed by atoms with Crippen molar-refractivity contribution >= 4 is 45.4 Å². The molecule has 2 aliphatic carbocycles. The van der Waals surface area contributed by atoms with E-state index >= 15 is 0 Å². The molecule has 1 saturated heterocycles. The molecule has 60 heavy (non-hydrogen) atoms. The summed E-state index contributed by atoms with van der Waals surface area (Å²) < 4.78 is 15.4. The van der Waals surface area contributed by atoms with Gasteiger partial charge in [-0.25, -0.2) is 28.9 Å². The van der Waals surface area contributed by atoms with E-state index in [-0.39, 0.29) is 23.3 Å². The molecule has 16 heteroatoms. The van der Waals surface area contributed by atoms with E-state index in [4.69, 9.17) is 19.4 Å². The van der Waals surface area contributed by atoms with Crippen LogP contribution in [0, 0.1) is 0 Å². The Kier molecular flexibility index (Phi) is 12.3. The first kappa shape index (κ1) is 40.5. The van der Waals surface area contributed by atoms with Crippen molar-refractivity contribution in [3.63, 3.8) is 0 Å². The highest BCUT2D eigenvalue weighted by Gasteiger charge is 2.23. The van der Waals surface area contributed by atoms with E-state index in [2.05, 4.69) is 43.8 Å². The Labute approximate surface area is 348 Å². The highest BCUT2D eigenvalue weighted by molar-refractivity contribution is 5.92. The summed E-state index contributed by atoms with van der Waals surface area (Å²) in [7, 11) is 0. The van der Waals surface area contributed by atoms with Crippen LogP contribution >= 0.6 is 0 Å². The van der Waals surface area contributed by atoms with Gasteiger partial charge in [0, 0.05) is 49.3 Å². The molecule has 0 amide bonds. The molecular weight excluding hydrogens is 765 g/mol. The van der Waals surface area contributed by atoms with Gasteiger partial charge in [-0.3, -0.25) is 0 Å². The second-order valence-electron chi connectivity index (χ2n) is 15.6. The van der Waals surface area contributed by atoms with E-state index in [9.17, 15) is 19.8 Å². The smallest absolute Gasteiger partial charge is 0.338 e. The Bertz CT molecular complexity index is 2290. The van der Waals surface area contributed by atoms with Crippen molar-refractivity contribution in [3.8, 4) is 23.4 Å². The summed E-state index contributed by atoms with van der Waals surface area (Å²) in [6.45, 7) is 7.62. The van der Waals surface area contributed by atoms with E-state index in [0.717, 1.165) is 110 Å². The number of carboxylic acids is 2. The molecule has 5 heterocycles. The third kappa shape index (κ3) is 9.11. The van der Waals surface area contributed by atoms with Crippen molar-refractivity contribution in [2.24, 2.45) is 0 Å². The van der Waals surface area contributed by atoms with Crippen LogP contribution in [-0.2, 0) is 0 Å². The predicted octanol–water partition coefficient (Wildman–Crippen LogP) is 7.90. The van der Waals surface area contributed by atoms with Gasteiger partial charge in [0.15, 0.2) is 0 Å². The lowest BCUT2D eigenvalue weighted by Gasteiger charge is -2.24. The van der Waals surface area contributed by atoms with Gasteiger partial charge in [-0.15, -0.1) is 0 Å². The molecule has 0 bridgehead atoms. The number of anilines is 2. The zero-order valence-electron chi connectivity index (χ0n) is 34.2. The molecule has 4 aromatic heterocycles. The Balaban J connectivity index is 0.000000166. The summed E-state index contributed by atoms with van der Waals surface area (Å²) in [4.78, 5) is 45.7. The molecule has 9 rings (SSSR count). The Morgan fingerprint density at radius 2 is 1.13 bits per heavy atom. The zero-order chi connectivity index (χ0) is 41.6. The van der Waals surface area contributed by atoms with Crippen LogP contribution in [0.15, 0.2) is 61.2 Å². The molecular formula is C44H52N10O6. The predicted molar refractivity (Wildman–Crippen MR) is 227 cm³/mol. The minimum Gasteiger partial charge on any atom is -0.490 e. The lowest BCUT2D eigenvalue weighted by atomic mass is 9.98. The molecule has 0 unspecified atom stereocenters. The first-order valence-corrected chi connectivity index (χ1v) is 21.3. The van der Waals surface area contributed by atoms with Gasteiger partial charge in [0.05, 0.1) is 46.8 Å². The van der Waals surface area contributed by atoms with E-state index in [1.54, 1.807) is 0 Å². The van der Waals surface area contributed by atoms with Gasteiger partial charge in [-0.1, -0.05) is 12.8 Å². The minimum absolute atomic E-state index is 0.0966. The Morgan fingerprint density at radius 3 is 1.62 bits per heavy atom. The number of hydrogen-bond donors (Lipinski definition) is 2. The maximum atomic E-state index is 11.2. The molecule has 2 saturated carbocycles. The van der Waals surface area contributed by atoms with Crippen LogP contribution in [0.4, 0.5) is 11.6 Å². The van der Waals surface area contributed by atoms with Crippen molar-refractivity contribution in [1.29, 1.82) is 0 Å². The SMILES string of the molecule is CCN(CC)c1nc(-n2cc(C(=O)O)cn2)nc2ccc(OC3CCCCC3)cc12.O=C(O)c1cnn(-c2nc(N3CCCC3)c3cc(OC4CCCCC4)ccc3n2)c1. The van der Waals surface area contributed by atoms with Gasteiger partial charge in [0.2, 0.25) is 0 Å². The molecule has 1 aliphatic heterocycles. The van der Waals surface area contributed by atoms with Gasteiger partial charge in [0.1, 0.15) is 23.1 Å². The maximum Gasteiger partial charge on any atom is 0.338 e. The summed E-state index contributed by atoms with van der Waals surface area (Å²) in [5, 5.41) is 28.5. The van der Waals surface area contributed by atoms with Crippen molar-refractivity contribution in [2.45, 2.75) is 103 Å². The lowest BCUT2D eigenvalue weighted by Crippen LogP contribution is -2.24. The zero-order valence-corrected chi connectivity index (χ0v) is 34.2. The average Bonchev–Trinajstić information content (AvgIpc) is 4.09.